The fourth-order valence-electron chi connectivity index (χ4n) is 2.18. The van der Waals surface area contributed by atoms with Gasteiger partial charge in [-0.1, -0.05) is 0 Å². The van der Waals surface area contributed by atoms with Crippen LogP contribution in [0.5, 0.6) is 11.5 Å². The van der Waals surface area contributed by atoms with Gasteiger partial charge in [-0.2, -0.15) is 0 Å². The first-order chi connectivity index (χ1) is 10.2. The molecule has 21 heavy (non-hydrogen) atoms. The molecule has 0 atom stereocenters. The van der Waals surface area contributed by atoms with E-state index in [4.69, 9.17) is 13.9 Å². The lowest BCUT2D eigenvalue weighted by molar-refractivity contribution is 0.355. The summed E-state index contributed by atoms with van der Waals surface area (Å²) in [5.74, 6) is 1.05. The zero-order valence-corrected chi connectivity index (χ0v) is 11.7. The third-order valence-electron chi connectivity index (χ3n) is 3.26. The number of methoxy groups -OCH3 is 2. The van der Waals surface area contributed by atoms with Crippen LogP contribution in [-0.4, -0.2) is 23.8 Å². The summed E-state index contributed by atoms with van der Waals surface area (Å²) in [5, 5.41) is 0.485. The lowest BCUT2D eigenvalue weighted by Crippen LogP contribution is -2.21. The van der Waals surface area contributed by atoms with Crippen LogP contribution in [-0.2, 0) is 6.54 Å². The van der Waals surface area contributed by atoms with Gasteiger partial charge in [-0.3, -0.25) is 9.36 Å². The highest BCUT2D eigenvalue weighted by molar-refractivity contribution is 5.81. The third-order valence-corrected chi connectivity index (χ3v) is 3.26. The normalized spacial score (nSPS) is 10.8. The van der Waals surface area contributed by atoms with Gasteiger partial charge in [0.05, 0.1) is 50.5 Å². The van der Waals surface area contributed by atoms with Crippen LogP contribution in [0.25, 0.3) is 10.9 Å². The molecule has 108 valence electrons. The fourth-order valence-corrected chi connectivity index (χ4v) is 2.18. The Balaban J connectivity index is 2.13. The minimum absolute atomic E-state index is 0.137. The number of nitrogens with zero attached hydrogens (tertiary/aromatic N) is 2. The van der Waals surface area contributed by atoms with E-state index in [0.29, 0.717) is 28.9 Å². The molecule has 0 radical (unpaired) electrons. The molecule has 0 unspecified atom stereocenters. The lowest BCUT2D eigenvalue weighted by atomic mass is 10.2. The van der Waals surface area contributed by atoms with E-state index in [1.54, 1.807) is 31.8 Å². The standard InChI is InChI=1S/C15H14N2O4/c1-19-13-5-11-12(6-14(13)20-2)16-9-17(15(11)18)7-10-3-4-21-8-10/h3-6,8-9H,7H2,1-2H3. The number of rotatable bonds is 4. The van der Waals surface area contributed by atoms with Gasteiger partial charge in [0.25, 0.3) is 5.56 Å². The van der Waals surface area contributed by atoms with E-state index in [0.717, 1.165) is 5.56 Å². The van der Waals surface area contributed by atoms with Gasteiger partial charge in [-0.15, -0.1) is 0 Å². The number of aromatic nitrogens is 2. The molecular formula is C15H14N2O4. The topological polar surface area (TPSA) is 66.5 Å². The van der Waals surface area contributed by atoms with Crippen LogP contribution in [0.3, 0.4) is 0 Å². The molecule has 0 fully saturated rings. The molecule has 0 spiro atoms. The summed E-state index contributed by atoms with van der Waals surface area (Å²) >= 11 is 0. The Morgan fingerprint density at radius 2 is 2.00 bits per heavy atom. The zero-order valence-electron chi connectivity index (χ0n) is 11.7. The largest absolute Gasteiger partial charge is 0.493 e. The van der Waals surface area contributed by atoms with Crippen LogP contribution in [0.15, 0.2) is 46.3 Å². The van der Waals surface area contributed by atoms with E-state index in [1.807, 2.05) is 6.07 Å². The van der Waals surface area contributed by atoms with Gasteiger partial charge >= 0.3 is 0 Å². The first-order valence-electron chi connectivity index (χ1n) is 6.35. The van der Waals surface area contributed by atoms with Crippen molar-refractivity contribution in [2.45, 2.75) is 6.54 Å². The van der Waals surface area contributed by atoms with Crippen LogP contribution in [0, 0.1) is 0 Å². The first kappa shape index (κ1) is 13.2. The van der Waals surface area contributed by atoms with Crippen molar-refractivity contribution in [3.8, 4) is 11.5 Å². The molecule has 0 saturated heterocycles. The van der Waals surface area contributed by atoms with Crippen LogP contribution < -0.4 is 15.0 Å². The summed E-state index contributed by atoms with van der Waals surface area (Å²) in [5.41, 5.74) is 1.34. The Kier molecular flexibility index (Phi) is 3.35. The quantitative estimate of drug-likeness (QED) is 0.734. The monoisotopic (exact) mass is 286 g/mol. The van der Waals surface area contributed by atoms with Crippen molar-refractivity contribution in [2.24, 2.45) is 0 Å². The van der Waals surface area contributed by atoms with Gasteiger partial charge in [0.2, 0.25) is 0 Å². The molecule has 0 amide bonds. The molecule has 3 aromatic rings. The number of furan rings is 1. The summed E-state index contributed by atoms with van der Waals surface area (Å²) in [6, 6.07) is 5.15. The van der Waals surface area contributed by atoms with E-state index in [-0.39, 0.29) is 5.56 Å². The van der Waals surface area contributed by atoms with E-state index in [9.17, 15) is 4.79 Å². The maximum Gasteiger partial charge on any atom is 0.261 e. The molecule has 0 aliphatic carbocycles. The number of hydrogen-bond donors (Lipinski definition) is 0. The van der Waals surface area contributed by atoms with E-state index in [2.05, 4.69) is 4.98 Å². The number of fused-ring (bicyclic) bond motifs is 1. The minimum atomic E-state index is -0.137. The van der Waals surface area contributed by atoms with Crippen molar-refractivity contribution < 1.29 is 13.9 Å². The first-order valence-corrected chi connectivity index (χ1v) is 6.35. The molecule has 0 aliphatic heterocycles. The van der Waals surface area contributed by atoms with Crippen molar-refractivity contribution in [2.75, 3.05) is 14.2 Å². The maximum absolute atomic E-state index is 12.5. The van der Waals surface area contributed by atoms with E-state index < -0.39 is 0 Å². The summed E-state index contributed by atoms with van der Waals surface area (Å²) in [6.07, 6.45) is 4.69. The average molecular weight is 286 g/mol. The molecule has 1 aromatic carbocycles. The summed E-state index contributed by atoms with van der Waals surface area (Å²) in [7, 11) is 3.08. The van der Waals surface area contributed by atoms with Crippen molar-refractivity contribution in [1.29, 1.82) is 0 Å². The summed E-state index contributed by atoms with van der Waals surface area (Å²) < 4.78 is 17.0. The van der Waals surface area contributed by atoms with E-state index in [1.165, 1.54) is 18.0 Å². The number of hydrogen-bond acceptors (Lipinski definition) is 5. The third kappa shape index (κ3) is 2.35. The molecule has 3 rings (SSSR count). The highest BCUT2D eigenvalue weighted by Gasteiger charge is 2.11. The summed E-state index contributed by atoms with van der Waals surface area (Å²) in [4.78, 5) is 16.8. The second kappa shape index (κ2) is 5.32. The minimum Gasteiger partial charge on any atom is -0.493 e. The molecule has 6 heteroatoms. The molecule has 0 bridgehead atoms. The van der Waals surface area contributed by atoms with Crippen molar-refractivity contribution in [3.63, 3.8) is 0 Å². The van der Waals surface area contributed by atoms with Gasteiger partial charge in [0.15, 0.2) is 11.5 Å². The van der Waals surface area contributed by atoms with Gasteiger partial charge in [0.1, 0.15) is 0 Å². The Morgan fingerprint density at radius 3 is 2.67 bits per heavy atom. The predicted molar refractivity (Wildman–Crippen MR) is 76.9 cm³/mol. The summed E-state index contributed by atoms with van der Waals surface area (Å²) in [6.45, 7) is 0.409. The SMILES string of the molecule is COc1cc2ncn(Cc3ccoc3)c(=O)c2cc1OC. The Morgan fingerprint density at radius 1 is 1.24 bits per heavy atom. The maximum atomic E-state index is 12.5. The molecule has 0 N–H and O–H groups in total. The Labute approximate surface area is 120 Å². The van der Waals surface area contributed by atoms with Crippen LogP contribution in [0.2, 0.25) is 0 Å². The van der Waals surface area contributed by atoms with Crippen LogP contribution in [0.1, 0.15) is 5.56 Å². The van der Waals surface area contributed by atoms with Gasteiger partial charge < -0.3 is 13.9 Å². The van der Waals surface area contributed by atoms with Crippen LogP contribution >= 0.6 is 0 Å². The highest BCUT2D eigenvalue weighted by Crippen LogP contribution is 2.29. The number of ether oxygens (including phenoxy) is 2. The second-order valence-corrected chi connectivity index (χ2v) is 4.53. The number of benzene rings is 1. The Hall–Kier alpha value is -2.76. The zero-order chi connectivity index (χ0) is 14.8. The molecule has 6 nitrogen and oxygen atoms in total. The molecule has 2 aromatic heterocycles. The smallest absolute Gasteiger partial charge is 0.261 e. The van der Waals surface area contributed by atoms with Crippen molar-refractivity contribution in [3.05, 3.63) is 53.0 Å². The highest BCUT2D eigenvalue weighted by atomic mass is 16.5. The Bertz CT molecular complexity index is 822. The van der Waals surface area contributed by atoms with Gasteiger partial charge in [0, 0.05) is 11.6 Å². The second-order valence-electron chi connectivity index (χ2n) is 4.53. The van der Waals surface area contributed by atoms with Gasteiger partial charge in [-0.05, 0) is 12.1 Å². The van der Waals surface area contributed by atoms with Crippen molar-refractivity contribution >= 4 is 10.9 Å². The predicted octanol–water partition coefficient (Wildman–Crippen LogP) is 2.05. The van der Waals surface area contributed by atoms with E-state index >= 15 is 0 Å². The molecular weight excluding hydrogens is 272 g/mol. The fraction of sp³-hybridized carbons (Fsp3) is 0.200. The lowest BCUT2D eigenvalue weighted by Gasteiger charge is -2.10. The average Bonchev–Trinajstić information content (AvgIpc) is 3.02. The molecule has 0 saturated carbocycles. The van der Waals surface area contributed by atoms with Crippen LogP contribution in [0.4, 0.5) is 0 Å². The molecule has 2 heterocycles. The van der Waals surface area contributed by atoms with Crippen molar-refractivity contribution in [1.82, 2.24) is 9.55 Å². The van der Waals surface area contributed by atoms with Gasteiger partial charge in [-0.25, -0.2) is 4.98 Å². The molecule has 0 aliphatic rings.